The third-order valence-electron chi connectivity index (χ3n) is 3.77. The van der Waals surface area contributed by atoms with Gasteiger partial charge in [0.1, 0.15) is 0 Å². The van der Waals surface area contributed by atoms with Crippen LogP contribution in [-0.2, 0) is 6.42 Å². The van der Waals surface area contributed by atoms with Crippen molar-refractivity contribution in [2.75, 3.05) is 0 Å². The zero-order chi connectivity index (χ0) is 11.5. The standard InChI is InChI=1S/C15H22O/c1-11-6-7-12(2)14(8-11)9-13-4-3-5-15(16)10-13/h6-8,13,15-16H,3-5,9-10H2,1-2H3. The fraction of sp³-hybridized carbons (Fsp3) is 0.600. The van der Waals surface area contributed by atoms with Crippen molar-refractivity contribution in [2.24, 2.45) is 5.92 Å². The number of aliphatic hydroxyl groups excluding tert-OH is 1. The first-order valence-corrected chi connectivity index (χ1v) is 6.39. The highest BCUT2D eigenvalue weighted by Crippen LogP contribution is 2.28. The monoisotopic (exact) mass is 218 g/mol. The van der Waals surface area contributed by atoms with Crippen molar-refractivity contribution in [3.63, 3.8) is 0 Å². The van der Waals surface area contributed by atoms with Crippen LogP contribution in [0.5, 0.6) is 0 Å². The van der Waals surface area contributed by atoms with E-state index < -0.39 is 0 Å². The van der Waals surface area contributed by atoms with Gasteiger partial charge in [-0.3, -0.25) is 0 Å². The van der Waals surface area contributed by atoms with Crippen LogP contribution in [0.1, 0.15) is 42.4 Å². The van der Waals surface area contributed by atoms with Crippen molar-refractivity contribution in [3.05, 3.63) is 34.9 Å². The maximum Gasteiger partial charge on any atom is 0.0543 e. The third kappa shape index (κ3) is 2.85. The second-order valence-electron chi connectivity index (χ2n) is 5.32. The van der Waals surface area contributed by atoms with E-state index in [2.05, 4.69) is 32.0 Å². The number of rotatable bonds is 2. The fourth-order valence-corrected chi connectivity index (χ4v) is 2.78. The quantitative estimate of drug-likeness (QED) is 0.806. The summed E-state index contributed by atoms with van der Waals surface area (Å²) in [5.41, 5.74) is 4.21. The van der Waals surface area contributed by atoms with E-state index in [9.17, 15) is 5.11 Å². The van der Waals surface area contributed by atoms with Crippen LogP contribution in [0, 0.1) is 19.8 Å². The molecule has 1 aromatic carbocycles. The molecule has 0 aromatic heterocycles. The topological polar surface area (TPSA) is 20.2 Å². The van der Waals surface area contributed by atoms with Crippen molar-refractivity contribution < 1.29 is 5.11 Å². The van der Waals surface area contributed by atoms with Gasteiger partial charge in [0.15, 0.2) is 0 Å². The van der Waals surface area contributed by atoms with Crippen molar-refractivity contribution in [1.82, 2.24) is 0 Å². The molecular weight excluding hydrogens is 196 g/mol. The minimum absolute atomic E-state index is 0.0520. The second-order valence-corrected chi connectivity index (χ2v) is 5.32. The highest BCUT2D eigenvalue weighted by molar-refractivity contribution is 5.30. The Kier molecular flexibility index (Phi) is 3.65. The molecule has 1 saturated carbocycles. The molecule has 88 valence electrons. The van der Waals surface area contributed by atoms with E-state index >= 15 is 0 Å². The highest BCUT2D eigenvalue weighted by atomic mass is 16.3. The molecular formula is C15H22O. The second kappa shape index (κ2) is 5.01. The highest BCUT2D eigenvalue weighted by Gasteiger charge is 2.20. The molecule has 0 saturated heterocycles. The Hall–Kier alpha value is -0.820. The summed E-state index contributed by atoms with van der Waals surface area (Å²) < 4.78 is 0. The lowest BCUT2D eigenvalue weighted by Crippen LogP contribution is -2.21. The average Bonchev–Trinajstić information content (AvgIpc) is 2.24. The molecule has 2 rings (SSSR count). The van der Waals surface area contributed by atoms with E-state index in [1.807, 2.05) is 0 Å². The molecule has 1 aliphatic carbocycles. The van der Waals surface area contributed by atoms with E-state index in [0.29, 0.717) is 5.92 Å². The summed E-state index contributed by atoms with van der Waals surface area (Å²) in [4.78, 5) is 0. The van der Waals surface area contributed by atoms with Gasteiger partial charge in [0.05, 0.1) is 6.10 Å². The molecule has 1 nitrogen and oxygen atoms in total. The molecule has 1 aromatic rings. The van der Waals surface area contributed by atoms with Gasteiger partial charge in [-0.2, -0.15) is 0 Å². The number of aryl methyl sites for hydroxylation is 2. The molecule has 2 unspecified atom stereocenters. The maximum atomic E-state index is 9.68. The molecule has 0 radical (unpaired) electrons. The normalized spacial score (nSPS) is 25.7. The maximum absolute atomic E-state index is 9.68. The molecule has 0 amide bonds. The molecule has 1 heteroatoms. The molecule has 2 atom stereocenters. The molecule has 0 bridgehead atoms. The van der Waals surface area contributed by atoms with Gasteiger partial charge in [0.25, 0.3) is 0 Å². The average molecular weight is 218 g/mol. The van der Waals surface area contributed by atoms with E-state index in [-0.39, 0.29) is 6.10 Å². The number of hydrogen-bond acceptors (Lipinski definition) is 1. The SMILES string of the molecule is Cc1ccc(C)c(CC2CCCC(O)C2)c1. The van der Waals surface area contributed by atoms with Gasteiger partial charge in [-0.15, -0.1) is 0 Å². The lowest BCUT2D eigenvalue weighted by atomic mass is 9.82. The first kappa shape index (κ1) is 11.7. The van der Waals surface area contributed by atoms with Gasteiger partial charge in [0, 0.05) is 0 Å². The van der Waals surface area contributed by atoms with Crippen LogP contribution in [0.3, 0.4) is 0 Å². The van der Waals surface area contributed by atoms with E-state index in [0.717, 1.165) is 19.3 Å². The predicted octanol–water partition coefficient (Wildman–Crippen LogP) is 3.40. The largest absolute Gasteiger partial charge is 0.393 e. The summed E-state index contributed by atoms with van der Waals surface area (Å²) in [7, 11) is 0. The third-order valence-corrected chi connectivity index (χ3v) is 3.77. The Bertz CT molecular complexity index is 356. The summed E-state index contributed by atoms with van der Waals surface area (Å²) in [5, 5.41) is 9.68. The predicted molar refractivity (Wildman–Crippen MR) is 67.6 cm³/mol. The van der Waals surface area contributed by atoms with Crippen LogP contribution in [0.4, 0.5) is 0 Å². The van der Waals surface area contributed by atoms with Gasteiger partial charge in [-0.05, 0) is 56.6 Å². The lowest BCUT2D eigenvalue weighted by molar-refractivity contribution is 0.101. The Morgan fingerprint density at radius 2 is 2.06 bits per heavy atom. The van der Waals surface area contributed by atoms with Crippen molar-refractivity contribution in [3.8, 4) is 0 Å². The minimum atomic E-state index is -0.0520. The van der Waals surface area contributed by atoms with Gasteiger partial charge in [-0.25, -0.2) is 0 Å². The first-order chi connectivity index (χ1) is 7.65. The van der Waals surface area contributed by atoms with Crippen LogP contribution in [0.2, 0.25) is 0 Å². The van der Waals surface area contributed by atoms with E-state index in [1.54, 1.807) is 0 Å². The van der Waals surface area contributed by atoms with Gasteiger partial charge in [-0.1, -0.05) is 30.2 Å². The Morgan fingerprint density at radius 1 is 1.25 bits per heavy atom. The lowest BCUT2D eigenvalue weighted by Gasteiger charge is -2.26. The molecule has 1 fully saturated rings. The molecule has 0 spiro atoms. The number of benzene rings is 1. The molecule has 0 heterocycles. The summed E-state index contributed by atoms with van der Waals surface area (Å²) in [6.45, 7) is 4.34. The van der Waals surface area contributed by atoms with Gasteiger partial charge < -0.3 is 5.11 Å². The van der Waals surface area contributed by atoms with Crippen LogP contribution in [0.25, 0.3) is 0 Å². The molecule has 1 aliphatic rings. The zero-order valence-electron chi connectivity index (χ0n) is 10.4. The van der Waals surface area contributed by atoms with Crippen LogP contribution >= 0.6 is 0 Å². The summed E-state index contributed by atoms with van der Waals surface area (Å²) >= 11 is 0. The minimum Gasteiger partial charge on any atom is -0.393 e. The zero-order valence-corrected chi connectivity index (χ0v) is 10.4. The van der Waals surface area contributed by atoms with Crippen molar-refractivity contribution >= 4 is 0 Å². The number of hydrogen-bond donors (Lipinski definition) is 1. The van der Waals surface area contributed by atoms with Crippen molar-refractivity contribution in [2.45, 2.75) is 52.1 Å². The van der Waals surface area contributed by atoms with Crippen LogP contribution in [-0.4, -0.2) is 11.2 Å². The Balaban J connectivity index is 2.05. The molecule has 1 N–H and O–H groups in total. The van der Waals surface area contributed by atoms with Gasteiger partial charge in [0.2, 0.25) is 0 Å². The Morgan fingerprint density at radius 3 is 2.81 bits per heavy atom. The number of aliphatic hydroxyl groups is 1. The Labute approximate surface area is 98.5 Å². The first-order valence-electron chi connectivity index (χ1n) is 6.39. The van der Waals surface area contributed by atoms with Crippen LogP contribution < -0.4 is 0 Å². The smallest absolute Gasteiger partial charge is 0.0543 e. The fourth-order valence-electron chi connectivity index (χ4n) is 2.78. The molecule has 16 heavy (non-hydrogen) atoms. The van der Waals surface area contributed by atoms with Crippen LogP contribution in [0.15, 0.2) is 18.2 Å². The van der Waals surface area contributed by atoms with E-state index in [1.165, 1.54) is 29.5 Å². The summed E-state index contributed by atoms with van der Waals surface area (Å²) in [5.74, 6) is 0.684. The molecule has 0 aliphatic heterocycles. The van der Waals surface area contributed by atoms with Gasteiger partial charge >= 0.3 is 0 Å². The van der Waals surface area contributed by atoms with E-state index in [4.69, 9.17) is 0 Å². The summed E-state index contributed by atoms with van der Waals surface area (Å²) in [6.07, 6.45) is 5.56. The van der Waals surface area contributed by atoms with Crippen molar-refractivity contribution in [1.29, 1.82) is 0 Å². The summed E-state index contributed by atoms with van der Waals surface area (Å²) in [6, 6.07) is 6.69.